The van der Waals surface area contributed by atoms with Gasteiger partial charge in [-0.3, -0.25) is 9.97 Å². The third-order valence-electron chi connectivity index (χ3n) is 3.46. The summed E-state index contributed by atoms with van der Waals surface area (Å²) in [6, 6.07) is 9.61. The standard InChI is InChI=1S/C17H19N5OS/c1-12-15(24-17(20-12)13-6-5-8-18-10-13)16(23)21-22(2)11-14-7-3-4-9-19-14/h3-10,16,21,23H,11H2,1-2H3. The van der Waals surface area contributed by atoms with E-state index in [-0.39, 0.29) is 0 Å². The number of nitrogens with one attached hydrogen (secondary N) is 1. The molecule has 0 aliphatic rings. The SMILES string of the molecule is Cc1nc(-c2cccnc2)sc1C(O)NN(C)Cc1ccccn1. The summed E-state index contributed by atoms with van der Waals surface area (Å²) in [6.45, 7) is 2.49. The van der Waals surface area contributed by atoms with E-state index in [1.165, 1.54) is 11.3 Å². The molecule has 0 saturated carbocycles. The molecule has 0 spiro atoms. The van der Waals surface area contributed by atoms with Gasteiger partial charge >= 0.3 is 0 Å². The number of aliphatic hydroxyl groups is 1. The Morgan fingerprint density at radius 3 is 2.83 bits per heavy atom. The Balaban J connectivity index is 1.69. The Labute approximate surface area is 144 Å². The van der Waals surface area contributed by atoms with Gasteiger partial charge in [-0.15, -0.1) is 11.3 Å². The zero-order valence-electron chi connectivity index (χ0n) is 13.5. The normalized spacial score (nSPS) is 12.5. The van der Waals surface area contributed by atoms with Crippen molar-refractivity contribution in [3.63, 3.8) is 0 Å². The molecular weight excluding hydrogens is 322 g/mol. The van der Waals surface area contributed by atoms with E-state index in [1.54, 1.807) is 18.6 Å². The van der Waals surface area contributed by atoms with Gasteiger partial charge in [-0.1, -0.05) is 6.07 Å². The highest BCUT2D eigenvalue weighted by Gasteiger charge is 2.18. The van der Waals surface area contributed by atoms with Crippen LogP contribution < -0.4 is 5.43 Å². The van der Waals surface area contributed by atoms with Gasteiger partial charge in [0.05, 0.1) is 22.8 Å². The first-order valence-electron chi connectivity index (χ1n) is 7.56. The summed E-state index contributed by atoms with van der Waals surface area (Å²) < 4.78 is 0. The molecule has 3 aromatic heterocycles. The topological polar surface area (TPSA) is 74.2 Å². The maximum atomic E-state index is 10.5. The summed E-state index contributed by atoms with van der Waals surface area (Å²) >= 11 is 1.46. The quantitative estimate of drug-likeness (QED) is 0.530. The predicted octanol–water partition coefficient (Wildman–Crippen LogP) is 2.54. The summed E-state index contributed by atoms with van der Waals surface area (Å²) in [4.78, 5) is 13.7. The van der Waals surface area contributed by atoms with E-state index in [4.69, 9.17) is 0 Å². The molecule has 0 aliphatic carbocycles. The van der Waals surface area contributed by atoms with Crippen molar-refractivity contribution in [1.82, 2.24) is 25.4 Å². The highest BCUT2D eigenvalue weighted by atomic mass is 32.1. The number of pyridine rings is 2. The number of aromatic nitrogens is 3. The van der Waals surface area contributed by atoms with Crippen molar-refractivity contribution in [3.8, 4) is 10.6 Å². The third-order valence-corrected chi connectivity index (χ3v) is 4.72. The second-order valence-corrected chi connectivity index (χ2v) is 6.45. The van der Waals surface area contributed by atoms with Crippen molar-refractivity contribution in [2.75, 3.05) is 7.05 Å². The number of nitrogens with zero attached hydrogens (tertiary/aromatic N) is 4. The van der Waals surface area contributed by atoms with E-state index < -0.39 is 6.23 Å². The molecule has 124 valence electrons. The second kappa shape index (κ2) is 7.59. The Morgan fingerprint density at radius 2 is 2.12 bits per heavy atom. The minimum Gasteiger partial charge on any atom is -0.372 e. The lowest BCUT2D eigenvalue weighted by Gasteiger charge is -2.21. The predicted molar refractivity (Wildman–Crippen MR) is 93.9 cm³/mol. The number of thiazole rings is 1. The van der Waals surface area contributed by atoms with Crippen LogP contribution >= 0.6 is 11.3 Å². The largest absolute Gasteiger partial charge is 0.372 e. The van der Waals surface area contributed by atoms with Gasteiger partial charge in [-0.05, 0) is 31.2 Å². The Kier molecular flexibility index (Phi) is 5.27. The van der Waals surface area contributed by atoms with E-state index in [9.17, 15) is 5.11 Å². The fourth-order valence-corrected chi connectivity index (χ4v) is 3.31. The molecule has 0 bridgehead atoms. The van der Waals surface area contributed by atoms with Gasteiger partial charge in [0, 0.05) is 31.2 Å². The molecule has 3 rings (SSSR count). The minimum absolute atomic E-state index is 0.589. The summed E-state index contributed by atoms with van der Waals surface area (Å²) in [5.74, 6) is 0. The average molecular weight is 341 g/mol. The van der Waals surface area contributed by atoms with Gasteiger partial charge < -0.3 is 5.11 Å². The molecule has 1 atom stereocenters. The molecule has 2 N–H and O–H groups in total. The molecule has 3 aromatic rings. The molecular formula is C17H19N5OS. The number of hydrogen-bond acceptors (Lipinski definition) is 7. The smallest absolute Gasteiger partial charge is 0.154 e. The lowest BCUT2D eigenvalue weighted by molar-refractivity contribution is 0.0463. The molecule has 0 radical (unpaired) electrons. The summed E-state index contributed by atoms with van der Waals surface area (Å²) in [7, 11) is 1.87. The Bertz CT molecular complexity index is 778. The van der Waals surface area contributed by atoms with Gasteiger partial charge in [0.15, 0.2) is 6.23 Å². The van der Waals surface area contributed by atoms with E-state index in [2.05, 4.69) is 20.4 Å². The first-order valence-corrected chi connectivity index (χ1v) is 8.38. The van der Waals surface area contributed by atoms with E-state index in [1.807, 2.05) is 49.3 Å². The van der Waals surface area contributed by atoms with E-state index >= 15 is 0 Å². The van der Waals surface area contributed by atoms with Crippen LogP contribution in [0.15, 0.2) is 48.9 Å². The van der Waals surface area contributed by atoms with Gasteiger partial charge in [0.2, 0.25) is 0 Å². The molecule has 7 heteroatoms. The summed E-state index contributed by atoms with van der Waals surface area (Å²) in [5, 5.41) is 13.2. The third kappa shape index (κ3) is 4.01. The maximum Gasteiger partial charge on any atom is 0.154 e. The summed E-state index contributed by atoms with van der Waals surface area (Å²) in [5.41, 5.74) is 5.74. The van der Waals surface area contributed by atoms with Crippen molar-refractivity contribution in [1.29, 1.82) is 0 Å². The van der Waals surface area contributed by atoms with E-state index in [0.29, 0.717) is 6.54 Å². The van der Waals surface area contributed by atoms with Crippen LogP contribution in [0.3, 0.4) is 0 Å². The van der Waals surface area contributed by atoms with Gasteiger partial charge in [0.1, 0.15) is 5.01 Å². The fraction of sp³-hybridized carbons (Fsp3) is 0.235. The zero-order valence-corrected chi connectivity index (χ0v) is 14.4. The molecule has 6 nitrogen and oxygen atoms in total. The van der Waals surface area contributed by atoms with Crippen LogP contribution in [0.25, 0.3) is 10.6 Å². The van der Waals surface area contributed by atoms with Crippen molar-refractivity contribution >= 4 is 11.3 Å². The number of aliphatic hydroxyl groups excluding tert-OH is 1. The maximum absolute atomic E-state index is 10.5. The Hall–Kier alpha value is -2.19. The number of rotatable bonds is 6. The highest BCUT2D eigenvalue weighted by molar-refractivity contribution is 7.15. The number of hydrazine groups is 1. The first-order chi connectivity index (χ1) is 11.6. The van der Waals surface area contributed by atoms with Crippen molar-refractivity contribution < 1.29 is 5.11 Å². The molecule has 24 heavy (non-hydrogen) atoms. The monoisotopic (exact) mass is 341 g/mol. The highest BCUT2D eigenvalue weighted by Crippen LogP contribution is 2.30. The van der Waals surface area contributed by atoms with Crippen LogP contribution in [0.1, 0.15) is 22.5 Å². The molecule has 0 fully saturated rings. The lowest BCUT2D eigenvalue weighted by Crippen LogP contribution is -2.37. The minimum atomic E-state index is -0.818. The fourth-order valence-electron chi connectivity index (χ4n) is 2.32. The van der Waals surface area contributed by atoms with E-state index in [0.717, 1.165) is 26.8 Å². The number of hydrogen-bond donors (Lipinski definition) is 2. The van der Waals surface area contributed by atoms with Gasteiger partial charge in [-0.2, -0.15) is 0 Å². The molecule has 3 heterocycles. The van der Waals surface area contributed by atoms with Crippen LogP contribution in [-0.2, 0) is 6.54 Å². The van der Waals surface area contributed by atoms with Crippen LogP contribution in [0.4, 0.5) is 0 Å². The van der Waals surface area contributed by atoms with Crippen LogP contribution in [-0.4, -0.2) is 32.1 Å². The van der Waals surface area contributed by atoms with Crippen molar-refractivity contribution in [2.45, 2.75) is 19.7 Å². The molecule has 1 unspecified atom stereocenters. The van der Waals surface area contributed by atoms with Gasteiger partial charge in [-0.25, -0.2) is 15.4 Å². The molecule has 0 saturated heterocycles. The Morgan fingerprint density at radius 1 is 1.25 bits per heavy atom. The van der Waals surface area contributed by atoms with Crippen molar-refractivity contribution in [3.05, 3.63) is 65.2 Å². The molecule has 0 aliphatic heterocycles. The number of aryl methyl sites for hydroxylation is 1. The zero-order chi connectivity index (χ0) is 16.9. The van der Waals surface area contributed by atoms with Crippen LogP contribution in [0.2, 0.25) is 0 Å². The van der Waals surface area contributed by atoms with Crippen LogP contribution in [0.5, 0.6) is 0 Å². The lowest BCUT2D eigenvalue weighted by atomic mass is 10.3. The van der Waals surface area contributed by atoms with Crippen LogP contribution in [0, 0.1) is 6.92 Å². The molecule has 0 aromatic carbocycles. The van der Waals surface area contributed by atoms with Crippen molar-refractivity contribution in [2.24, 2.45) is 0 Å². The summed E-state index contributed by atoms with van der Waals surface area (Å²) in [6.07, 6.45) is 4.44. The van der Waals surface area contributed by atoms with Gasteiger partial charge in [0.25, 0.3) is 0 Å². The average Bonchev–Trinajstić information content (AvgIpc) is 2.98. The second-order valence-electron chi connectivity index (χ2n) is 5.42. The molecule has 0 amide bonds. The first kappa shape index (κ1) is 16.7.